The summed E-state index contributed by atoms with van der Waals surface area (Å²) in [6.07, 6.45) is 2.75. The van der Waals surface area contributed by atoms with Gasteiger partial charge in [0.2, 0.25) is 0 Å². The van der Waals surface area contributed by atoms with Gasteiger partial charge in [-0.3, -0.25) is 0 Å². The van der Waals surface area contributed by atoms with Crippen LogP contribution in [-0.4, -0.2) is 0 Å². The summed E-state index contributed by atoms with van der Waals surface area (Å²) in [4.78, 5) is 0. The molecular weight excluding hydrogens is 611 g/mol. The summed E-state index contributed by atoms with van der Waals surface area (Å²) >= 11 is 0. The van der Waals surface area contributed by atoms with Crippen LogP contribution in [0.4, 0.5) is 34.1 Å². The fourth-order valence-corrected chi connectivity index (χ4v) is 4.52. The molecule has 0 amide bonds. The zero-order chi connectivity index (χ0) is 32.0. The van der Waals surface area contributed by atoms with Crippen LogP contribution in [0.5, 0.6) is 0 Å². The van der Waals surface area contributed by atoms with Crippen LogP contribution in [0.25, 0.3) is 0 Å². The van der Waals surface area contributed by atoms with Gasteiger partial charge >= 0.3 is 29.6 Å². The monoisotopic (exact) mass is 654 g/mol. The van der Waals surface area contributed by atoms with Gasteiger partial charge in [-0.05, 0) is 125 Å². The van der Waals surface area contributed by atoms with Gasteiger partial charge in [0.25, 0.3) is 0 Å². The number of nitrogens with two attached hydrogens (primary N) is 6. The summed E-state index contributed by atoms with van der Waals surface area (Å²) < 4.78 is 0. The van der Waals surface area contributed by atoms with Crippen LogP contribution in [0.1, 0.15) is 34.8 Å². The van der Waals surface area contributed by atoms with Crippen molar-refractivity contribution in [2.45, 2.75) is 19.3 Å². The Kier molecular flexibility index (Phi) is 16.3. The van der Waals surface area contributed by atoms with Crippen LogP contribution in [0.3, 0.4) is 0 Å². The largest absolute Gasteiger partial charge is 1.00 e. The van der Waals surface area contributed by atoms with Gasteiger partial charge in [0.15, 0.2) is 0 Å². The molecule has 12 N–H and O–H groups in total. The zero-order valence-electron chi connectivity index (χ0n) is 27.9. The summed E-state index contributed by atoms with van der Waals surface area (Å²) in [6.45, 7) is 0. The number of nitrogen functional groups attached to an aromatic ring is 6. The maximum atomic E-state index is 5.62. The fourth-order valence-electron chi connectivity index (χ4n) is 4.52. The van der Waals surface area contributed by atoms with Gasteiger partial charge < -0.3 is 35.8 Å². The topological polar surface area (TPSA) is 156 Å². The van der Waals surface area contributed by atoms with E-state index < -0.39 is 0 Å². The minimum absolute atomic E-state index is 0. The van der Waals surface area contributed by atoms with Crippen molar-refractivity contribution in [2.75, 3.05) is 34.4 Å². The maximum absolute atomic E-state index is 5.62. The second kappa shape index (κ2) is 19.8. The Balaban J connectivity index is 0.000000349. The Morgan fingerprint density at radius 2 is 0.362 bits per heavy atom. The Hall–Kier alpha value is -4.59. The van der Waals surface area contributed by atoms with Gasteiger partial charge in [-0.25, -0.2) is 0 Å². The Labute approximate surface area is 308 Å². The molecule has 0 radical (unpaired) electrons. The second-order valence-electron chi connectivity index (χ2n) is 11.0. The van der Waals surface area contributed by atoms with Crippen LogP contribution in [0.2, 0.25) is 0 Å². The third kappa shape index (κ3) is 14.2. The molecule has 6 nitrogen and oxygen atoms in total. The molecule has 8 heteroatoms. The predicted octanol–water partition coefficient (Wildman–Crippen LogP) is 4.86. The molecule has 6 rings (SSSR count). The van der Waals surface area contributed by atoms with E-state index in [1.54, 1.807) is 0 Å². The van der Waals surface area contributed by atoms with Crippen LogP contribution in [0.15, 0.2) is 146 Å². The smallest absolute Gasteiger partial charge is 1.00 e. The van der Waals surface area contributed by atoms with Crippen molar-refractivity contribution in [2.24, 2.45) is 0 Å². The number of benzene rings is 6. The molecule has 47 heavy (non-hydrogen) atoms. The first-order valence-electron chi connectivity index (χ1n) is 14.8. The molecule has 0 aliphatic rings. The van der Waals surface area contributed by atoms with Crippen molar-refractivity contribution in [3.63, 3.8) is 0 Å². The molecule has 0 aliphatic carbocycles. The third-order valence-electron chi connectivity index (χ3n) is 7.10. The van der Waals surface area contributed by atoms with Gasteiger partial charge in [0.05, 0.1) is 0 Å². The molecule has 0 heterocycles. The first-order valence-corrected chi connectivity index (χ1v) is 14.8. The van der Waals surface area contributed by atoms with E-state index in [0.717, 1.165) is 53.4 Å². The summed E-state index contributed by atoms with van der Waals surface area (Å²) in [6, 6.07) is 47.6. The molecule has 0 unspecified atom stereocenters. The van der Waals surface area contributed by atoms with Crippen molar-refractivity contribution in [1.29, 1.82) is 0 Å². The van der Waals surface area contributed by atoms with Gasteiger partial charge in [0, 0.05) is 34.1 Å². The Morgan fingerprint density at radius 1 is 0.255 bits per heavy atom. The van der Waals surface area contributed by atoms with E-state index in [1.165, 1.54) is 33.4 Å². The molecule has 0 spiro atoms. The van der Waals surface area contributed by atoms with Crippen molar-refractivity contribution < 1.29 is 31.0 Å². The molecule has 0 aromatic heterocycles. The van der Waals surface area contributed by atoms with Gasteiger partial charge in [-0.1, -0.05) is 72.8 Å². The number of hydrogen-bond acceptors (Lipinski definition) is 6. The summed E-state index contributed by atoms with van der Waals surface area (Å²) in [5, 5.41) is 0. The Morgan fingerprint density at radius 3 is 0.468 bits per heavy atom. The number of halogens is 1. The molecule has 0 saturated heterocycles. The van der Waals surface area contributed by atoms with Gasteiger partial charge in [-0.15, -0.1) is 12.4 Å². The molecular formula is C39H44ClN6Na. The van der Waals surface area contributed by atoms with Crippen molar-refractivity contribution in [3.05, 3.63) is 179 Å². The standard InChI is InChI=1S/3C13H14N2.ClH.Na.H/c3*14-12-5-1-10(2-6-12)9-11-3-7-13(15)8-4-11;;;/h3*1-8H,9,14-15H2;1H;;/q;;;;+1;-1. The average molecular weight is 655 g/mol. The van der Waals surface area contributed by atoms with Gasteiger partial charge in [0.1, 0.15) is 0 Å². The average Bonchev–Trinajstić information content (AvgIpc) is 3.04. The predicted molar refractivity (Wildman–Crippen MR) is 202 cm³/mol. The number of hydrogen-bond donors (Lipinski definition) is 6. The molecule has 6 aromatic rings. The minimum atomic E-state index is 0. The molecule has 0 bridgehead atoms. The van der Waals surface area contributed by atoms with E-state index in [2.05, 4.69) is 0 Å². The molecule has 238 valence electrons. The first-order chi connectivity index (χ1) is 21.7. The summed E-state index contributed by atoms with van der Waals surface area (Å²) in [7, 11) is 0. The molecule has 0 fully saturated rings. The van der Waals surface area contributed by atoms with Crippen molar-refractivity contribution in [1.82, 2.24) is 0 Å². The van der Waals surface area contributed by atoms with Crippen LogP contribution >= 0.6 is 12.4 Å². The van der Waals surface area contributed by atoms with E-state index in [4.69, 9.17) is 34.4 Å². The second-order valence-corrected chi connectivity index (χ2v) is 11.0. The summed E-state index contributed by atoms with van der Waals surface area (Å²) in [5.74, 6) is 0. The van der Waals surface area contributed by atoms with Crippen molar-refractivity contribution >= 4 is 46.5 Å². The first kappa shape index (κ1) is 38.6. The van der Waals surface area contributed by atoms with Crippen LogP contribution in [0, 0.1) is 0 Å². The molecule has 0 aliphatic heterocycles. The van der Waals surface area contributed by atoms with E-state index in [-0.39, 0.29) is 43.4 Å². The van der Waals surface area contributed by atoms with Crippen LogP contribution < -0.4 is 64.0 Å². The maximum Gasteiger partial charge on any atom is 1.00 e. The third-order valence-corrected chi connectivity index (χ3v) is 7.10. The zero-order valence-corrected chi connectivity index (χ0v) is 29.7. The normalized spacial score (nSPS) is 9.70. The Bertz CT molecular complexity index is 1390. The molecule has 6 aromatic carbocycles. The summed E-state index contributed by atoms with van der Waals surface area (Å²) in [5.41, 5.74) is 46.1. The van der Waals surface area contributed by atoms with E-state index in [9.17, 15) is 0 Å². The molecule has 0 atom stereocenters. The van der Waals surface area contributed by atoms with E-state index >= 15 is 0 Å². The molecule has 0 saturated carbocycles. The number of anilines is 6. The van der Waals surface area contributed by atoms with Crippen LogP contribution in [-0.2, 0) is 19.3 Å². The van der Waals surface area contributed by atoms with E-state index in [0.29, 0.717) is 0 Å². The number of rotatable bonds is 6. The SMILES string of the molecule is Cl.Nc1ccc(Cc2ccc(N)cc2)cc1.Nc1ccc(Cc2ccc(N)cc2)cc1.Nc1ccc(Cc2ccc(N)cc2)cc1.[H-].[Na+]. The van der Waals surface area contributed by atoms with Crippen molar-refractivity contribution in [3.8, 4) is 0 Å². The van der Waals surface area contributed by atoms with Gasteiger partial charge in [-0.2, -0.15) is 0 Å². The van der Waals surface area contributed by atoms with E-state index in [1.807, 2.05) is 146 Å². The minimum Gasteiger partial charge on any atom is -1.00 e. The fraction of sp³-hybridized carbons (Fsp3) is 0.0769. The quantitative estimate of drug-likeness (QED) is 0.111.